The molecule has 54 heavy (non-hydrogen) atoms. The van der Waals surface area contributed by atoms with Crippen molar-refractivity contribution in [3.05, 3.63) is 169 Å². The van der Waals surface area contributed by atoms with E-state index in [-0.39, 0.29) is 0 Å². The van der Waals surface area contributed by atoms with Gasteiger partial charge in [0.25, 0.3) is 0 Å². The van der Waals surface area contributed by atoms with Crippen LogP contribution in [0, 0.1) is 11.3 Å². The molecule has 0 atom stereocenters. The van der Waals surface area contributed by atoms with Crippen molar-refractivity contribution >= 4 is 87.5 Å². The van der Waals surface area contributed by atoms with Gasteiger partial charge in [-0.3, -0.25) is 0 Å². The maximum Gasteiger partial charge on any atom is 0.136 e. The molecule has 4 aromatic heterocycles. The van der Waals surface area contributed by atoms with Gasteiger partial charge in [-0.15, -0.1) is 0 Å². The highest BCUT2D eigenvalue weighted by Crippen LogP contribution is 2.41. The molecule has 0 fully saturated rings. The van der Waals surface area contributed by atoms with E-state index in [0.717, 1.165) is 66.3 Å². The molecule has 0 saturated heterocycles. The van der Waals surface area contributed by atoms with E-state index in [4.69, 9.17) is 8.83 Å². The van der Waals surface area contributed by atoms with Crippen LogP contribution in [0.4, 0.5) is 0 Å². The minimum atomic E-state index is 0.603. The first kappa shape index (κ1) is 29.1. The van der Waals surface area contributed by atoms with Gasteiger partial charge in [-0.2, -0.15) is 5.26 Å². The Hall–Kier alpha value is -7.55. The summed E-state index contributed by atoms with van der Waals surface area (Å²) in [6.45, 7) is 0. The van der Waals surface area contributed by atoms with Crippen LogP contribution in [0.5, 0.6) is 0 Å². The van der Waals surface area contributed by atoms with Crippen LogP contribution in [0.25, 0.3) is 110 Å². The zero-order valence-electron chi connectivity index (χ0n) is 28.7. The third-order valence-corrected chi connectivity index (χ3v) is 11.1. The van der Waals surface area contributed by atoms with E-state index in [0.29, 0.717) is 5.56 Å². The van der Waals surface area contributed by atoms with Crippen molar-refractivity contribution in [3.8, 4) is 28.6 Å². The Morgan fingerprint density at radius 1 is 0.352 bits per heavy atom. The van der Waals surface area contributed by atoms with Crippen LogP contribution in [-0.4, -0.2) is 9.13 Å². The number of hydrogen-bond donors (Lipinski definition) is 0. The van der Waals surface area contributed by atoms with Gasteiger partial charge >= 0.3 is 0 Å². The second kappa shape index (κ2) is 10.7. The second-order valence-corrected chi connectivity index (χ2v) is 14.1. The summed E-state index contributed by atoms with van der Waals surface area (Å²) in [6, 6.07) is 59.9. The number of nitriles is 1. The van der Waals surface area contributed by atoms with E-state index in [1.807, 2.05) is 18.2 Å². The van der Waals surface area contributed by atoms with Gasteiger partial charge in [0.15, 0.2) is 0 Å². The van der Waals surface area contributed by atoms with Gasteiger partial charge in [-0.25, -0.2) is 0 Å². The standard InChI is InChI=1S/C49H27N3O2/c50-28-29-14-20-46-38(22-29)40-26-49-41(27-48(40)53-46)39-25-33(17-21-47(39)54-49)52-43-13-7-5-11-35(43)37-24-31(16-19-45(37)52)30-15-18-44-36(23-30)34-10-4-6-12-42(34)51(44)32-8-2-1-3-9-32/h1-27H. The summed E-state index contributed by atoms with van der Waals surface area (Å²) in [4.78, 5) is 0. The van der Waals surface area contributed by atoms with Crippen LogP contribution in [0.15, 0.2) is 173 Å². The molecule has 0 N–H and O–H groups in total. The Balaban J connectivity index is 1.02. The molecule has 12 aromatic rings. The Morgan fingerprint density at radius 3 is 1.46 bits per heavy atom. The molecule has 250 valence electrons. The first-order valence-electron chi connectivity index (χ1n) is 18.1. The van der Waals surface area contributed by atoms with Crippen LogP contribution in [0.3, 0.4) is 0 Å². The highest BCUT2D eigenvalue weighted by Gasteiger charge is 2.18. The van der Waals surface area contributed by atoms with Crippen molar-refractivity contribution in [1.29, 1.82) is 5.26 Å². The fourth-order valence-corrected chi connectivity index (χ4v) is 8.68. The summed E-state index contributed by atoms with van der Waals surface area (Å²) in [7, 11) is 0. The van der Waals surface area contributed by atoms with Gasteiger partial charge in [0.2, 0.25) is 0 Å². The lowest BCUT2D eigenvalue weighted by molar-refractivity contribution is 0.664. The molecule has 4 heterocycles. The van der Waals surface area contributed by atoms with Crippen LogP contribution in [0.1, 0.15) is 5.56 Å². The molecule has 12 rings (SSSR count). The lowest BCUT2D eigenvalue weighted by atomic mass is 10.0. The van der Waals surface area contributed by atoms with Crippen LogP contribution >= 0.6 is 0 Å². The summed E-state index contributed by atoms with van der Waals surface area (Å²) in [5.41, 5.74) is 13.0. The fourth-order valence-electron chi connectivity index (χ4n) is 8.68. The van der Waals surface area contributed by atoms with Crippen molar-refractivity contribution in [1.82, 2.24) is 9.13 Å². The molecule has 0 unspecified atom stereocenters. The molecule has 5 nitrogen and oxygen atoms in total. The van der Waals surface area contributed by atoms with Crippen LogP contribution < -0.4 is 0 Å². The lowest BCUT2D eigenvalue weighted by Crippen LogP contribution is -1.93. The smallest absolute Gasteiger partial charge is 0.136 e. The fraction of sp³-hybridized carbons (Fsp3) is 0. The molecule has 0 bridgehead atoms. The summed E-state index contributed by atoms with van der Waals surface area (Å²) in [6.07, 6.45) is 0. The molecule has 0 aliphatic rings. The second-order valence-electron chi connectivity index (χ2n) is 14.1. The predicted octanol–water partition coefficient (Wildman–Crippen LogP) is 13.2. The Bertz CT molecular complexity index is 3570. The zero-order chi connectivity index (χ0) is 35.5. The quantitative estimate of drug-likeness (QED) is 0.185. The molecular weight excluding hydrogens is 663 g/mol. The van der Waals surface area contributed by atoms with Gasteiger partial charge in [-0.05, 0) is 108 Å². The number of para-hydroxylation sites is 3. The molecule has 0 aliphatic heterocycles. The van der Waals surface area contributed by atoms with Crippen LogP contribution in [-0.2, 0) is 0 Å². The van der Waals surface area contributed by atoms with E-state index in [1.165, 1.54) is 43.7 Å². The third-order valence-electron chi connectivity index (χ3n) is 11.1. The van der Waals surface area contributed by atoms with Gasteiger partial charge in [0.05, 0.1) is 33.7 Å². The van der Waals surface area contributed by atoms with Gasteiger partial charge in [0, 0.05) is 54.5 Å². The number of hydrogen-bond acceptors (Lipinski definition) is 3. The average Bonchev–Trinajstić information content (AvgIpc) is 3.96. The van der Waals surface area contributed by atoms with Crippen molar-refractivity contribution < 1.29 is 8.83 Å². The number of aromatic nitrogens is 2. The third kappa shape index (κ3) is 4.02. The molecular formula is C49H27N3O2. The lowest BCUT2D eigenvalue weighted by Gasteiger charge is -2.09. The van der Waals surface area contributed by atoms with E-state index in [9.17, 15) is 5.26 Å². The highest BCUT2D eigenvalue weighted by atomic mass is 16.3. The average molecular weight is 690 g/mol. The maximum atomic E-state index is 9.47. The van der Waals surface area contributed by atoms with Gasteiger partial charge in [-0.1, -0.05) is 66.7 Å². The van der Waals surface area contributed by atoms with Gasteiger partial charge in [0.1, 0.15) is 22.3 Å². The topological polar surface area (TPSA) is 59.9 Å². The monoisotopic (exact) mass is 689 g/mol. The molecule has 8 aromatic carbocycles. The van der Waals surface area contributed by atoms with Crippen molar-refractivity contribution in [2.24, 2.45) is 0 Å². The number of rotatable bonds is 3. The largest absolute Gasteiger partial charge is 0.456 e. The van der Waals surface area contributed by atoms with E-state index in [1.54, 1.807) is 6.07 Å². The number of furan rings is 2. The van der Waals surface area contributed by atoms with E-state index < -0.39 is 0 Å². The first-order valence-corrected chi connectivity index (χ1v) is 18.1. The molecule has 0 radical (unpaired) electrons. The summed E-state index contributed by atoms with van der Waals surface area (Å²) in [5, 5.41) is 18.2. The minimum Gasteiger partial charge on any atom is -0.456 e. The molecule has 5 heteroatoms. The highest BCUT2D eigenvalue weighted by molar-refractivity contribution is 6.16. The maximum absolute atomic E-state index is 9.47. The summed E-state index contributed by atoms with van der Waals surface area (Å²) in [5.74, 6) is 0. The van der Waals surface area contributed by atoms with Crippen LogP contribution in [0.2, 0.25) is 0 Å². The first-order chi connectivity index (χ1) is 26.7. The van der Waals surface area contributed by atoms with E-state index >= 15 is 0 Å². The Morgan fingerprint density at radius 2 is 0.852 bits per heavy atom. The molecule has 0 aliphatic carbocycles. The SMILES string of the molecule is N#Cc1ccc2oc3cc4c(cc3c2c1)oc1ccc(-n2c3ccccc3c3cc(-c5ccc6c(c5)c5ccccc5n6-c5ccccc5)ccc32)cc14. The van der Waals surface area contributed by atoms with E-state index in [2.05, 4.69) is 155 Å². The van der Waals surface area contributed by atoms with Crippen molar-refractivity contribution in [2.75, 3.05) is 0 Å². The molecule has 0 saturated carbocycles. The molecule has 0 spiro atoms. The normalized spacial score (nSPS) is 12.1. The number of fused-ring (bicyclic) bond motifs is 12. The summed E-state index contributed by atoms with van der Waals surface area (Å²) < 4.78 is 17.4. The zero-order valence-corrected chi connectivity index (χ0v) is 28.7. The summed E-state index contributed by atoms with van der Waals surface area (Å²) >= 11 is 0. The molecule has 0 amide bonds. The number of nitrogens with zero attached hydrogens (tertiary/aromatic N) is 3. The predicted molar refractivity (Wildman–Crippen MR) is 220 cm³/mol. The Kier molecular flexibility index (Phi) is 5.78. The van der Waals surface area contributed by atoms with Gasteiger partial charge < -0.3 is 18.0 Å². The number of benzene rings is 8. The minimum absolute atomic E-state index is 0.603. The Labute approximate surface area is 307 Å². The van der Waals surface area contributed by atoms with Crippen molar-refractivity contribution in [3.63, 3.8) is 0 Å². The van der Waals surface area contributed by atoms with Crippen molar-refractivity contribution in [2.45, 2.75) is 0 Å².